The predicted molar refractivity (Wildman–Crippen MR) is 79.5 cm³/mol. The summed E-state index contributed by atoms with van der Waals surface area (Å²) in [5, 5.41) is 0. The molecule has 0 aliphatic carbocycles. The van der Waals surface area contributed by atoms with Crippen molar-refractivity contribution in [1.82, 2.24) is 0 Å². The summed E-state index contributed by atoms with van der Waals surface area (Å²) in [7, 11) is 4.44. The number of hydrogen-bond acceptors (Lipinski definition) is 5. The van der Waals surface area contributed by atoms with Crippen LogP contribution in [0.4, 0.5) is 0 Å². The number of ether oxygens (including phenoxy) is 3. The van der Waals surface area contributed by atoms with E-state index in [-0.39, 0.29) is 18.4 Å². The topological polar surface area (TPSA) is 70.8 Å². The number of nitrogens with two attached hydrogens (primary N) is 1. The van der Waals surface area contributed by atoms with E-state index in [9.17, 15) is 4.79 Å². The molecule has 2 N–H and O–H groups in total. The van der Waals surface area contributed by atoms with Crippen LogP contribution in [-0.4, -0.2) is 27.3 Å². The van der Waals surface area contributed by atoms with Crippen molar-refractivity contribution in [3.63, 3.8) is 0 Å². The molecule has 0 bridgehead atoms. The standard InChI is InChI=1S/C14H21NO4.ClH/c1-14(2,13(16)19-5)12(15)9-7-6-8-10(17-3)11(9)18-4;/h6-8,12H,15H2,1-5H3;1H/t12-;/m0./s1. The summed E-state index contributed by atoms with van der Waals surface area (Å²) < 4.78 is 15.4. The van der Waals surface area contributed by atoms with Gasteiger partial charge < -0.3 is 19.9 Å². The molecule has 0 aromatic heterocycles. The van der Waals surface area contributed by atoms with Gasteiger partial charge in [-0.05, 0) is 19.9 Å². The van der Waals surface area contributed by atoms with Crippen LogP contribution in [0.5, 0.6) is 11.5 Å². The monoisotopic (exact) mass is 303 g/mol. The van der Waals surface area contributed by atoms with E-state index in [0.29, 0.717) is 17.1 Å². The lowest BCUT2D eigenvalue weighted by molar-refractivity contribution is -0.152. The Kier molecular flexibility index (Phi) is 6.82. The maximum atomic E-state index is 11.8. The number of carbonyl (C=O) groups is 1. The number of halogens is 1. The molecule has 1 aromatic rings. The fourth-order valence-corrected chi connectivity index (χ4v) is 1.94. The quantitative estimate of drug-likeness (QED) is 0.845. The molecule has 0 aliphatic heterocycles. The van der Waals surface area contributed by atoms with Crippen LogP contribution in [0.3, 0.4) is 0 Å². The lowest BCUT2D eigenvalue weighted by Gasteiger charge is -2.30. The van der Waals surface area contributed by atoms with Crippen LogP contribution >= 0.6 is 12.4 Å². The highest BCUT2D eigenvalue weighted by Gasteiger charge is 2.38. The summed E-state index contributed by atoms with van der Waals surface area (Å²) in [6.45, 7) is 3.48. The van der Waals surface area contributed by atoms with Gasteiger partial charge in [0.2, 0.25) is 0 Å². The summed E-state index contributed by atoms with van der Waals surface area (Å²) in [5.41, 5.74) is 6.05. The van der Waals surface area contributed by atoms with E-state index < -0.39 is 11.5 Å². The second-order valence-corrected chi connectivity index (χ2v) is 4.77. The zero-order chi connectivity index (χ0) is 14.6. The number of benzene rings is 1. The Bertz CT molecular complexity index is 462. The Hall–Kier alpha value is -1.46. The number of rotatable bonds is 5. The van der Waals surface area contributed by atoms with Crippen molar-refractivity contribution in [2.45, 2.75) is 19.9 Å². The first-order valence-corrected chi connectivity index (χ1v) is 5.95. The molecular formula is C14H22ClNO4. The highest BCUT2D eigenvalue weighted by Crippen LogP contribution is 2.40. The Morgan fingerprint density at radius 3 is 2.25 bits per heavy atom. The predicted octanol–water partition coefficient (Wildman–Crippen LogP) is 2.32. The van der Waals surface area contributed by atoms with Crippen molar-refractivity contribution in [3.05, 3.63) is 23.8 Å². The number of methoxy groups -OCH3 is 3. The van der Waals surface area contributed by atoms with Gasteiger partial charge in [-0.25, -0.2) is 0 Å². The van der Waals surface area contributed by atoms with Crippen LogP contribution in [0.25, 0.3) is 0 Å². The van der Waals surface area contributed by atoms with Crippen LogP contribution in [0.1, 0.15) is 25.5 Å². The molecule has 114 valence electrons. The van der Waals surface area contributed by atoms with Crippen LogP contribution in [-0.2, 0) is 9.53 Å². The van der Waals surface area contributed by atoms with Crippen LogP contribution in [0, 0.1) is 5.41 Å². The largest absolute Gasteiger partial charge is 0.493 e. The minimum atomic E-state index is -0.867. The molecule has 0 unspecified atom stereocenters. The Morgan fingerprint density at radius 1 is 1.20 bits per heavy atom. The molecule has 5 nitrogen and oxygen atoms in total. The fraction of sp³-hybridized carbons (Fsp3) is 0.500. The van der Waals surface area contributed by atoms with Gasteiger partial charge in [0, 0.05) is 11.6 Å². The van der Waals surface area contributed by atoms with E-state index in [1.165, 1.54) is 7.11 Å². The molecule has 0 radical (unpaired) electrons. The van der Waals surface area contributed by atoms with Gasteiger partial charge in [0.05, 0.1) is 26.7 Å². The third kappa shape index (κ3) is 3.35. The zero-order valence-electron chi connectivity index (χ0n) is 12.4. The molecular weight excluding hydrogens is 282 g/mol. The van der Waals surface area contributed by atoms with Gasteiger partial charge in [-0.1, -0.05) is 12.1 Å². The Labute approximate surface area is 125 Å². The Balaban J connectivity index is 0.00000361. The van der Waals surface area contributed by atoms with Gasteiger partial charge in [0.1, 0.15) is 0 Å². The summed E-state index contributed by atoms with van der Waals surface area (Å²) in [6.07, 6.45) is 0. The van der Waals surface area contributed by atoms with Crippen molar-refractivity contribution in [2.75, 3.05) is 21.3 Å². The van der Waals surface area contributed by atoms with Crippen LogP contribution in [0.2, 0.25) is 0 Å². The highest BCUT2D eigenvalue weighted by molar-refractivity contribution is 5.85. The van der Waals surface area contributed by atoms with Gasteiger partial charge in [0.25, 0.3) is 0 Å². The summed E-state index contributed by atoms with van der Waals surface area (Å²) in [5.74, 6) is 0.746. The lowest BCUT2D eigenvalue weighted by atomic mass is 9.80. The maximum Gasteiger partial charge on any atom is 0.313 e. The summed E-state index contributed by atoms with van der Waals surface area (Å²) >= 11 is 0. The van der Waals surface area contributed by atoms with Crippen molar-refractivity contribution in [2.24, 2.45) is 11.1 Å². The smallest absolute Gasteiger partial charge is 0.313 e. The van der Waals surface area contributed by atoms with Gasteiger partial charge in [-0.2, -0.15) is 0 Å². The van der Waals surface area contributed by atoms with E-state index >= 15 is 0 Å². The molecule has 1 rings (SSSR count). The van der Waals surface area contributed by atoms with Crippen LogP contribution in [0.15, 0.2) is 18.2 Å². The molecule has 0 fully saturated rings. The normalized spacial score (nSPS) is 12.1. The third-order valence-corrected chi connectivity index (χ3v) is 3.26. The molecule has 0 saturated carbocycles. The first kappa shape index (κ1) is 18.5. The molecule has 0 spiro atoms. The molecule has 6 heteroatoms. The average Bonchev–Trinajstić information content (AvgIpc) is 2.44. The minimum Gasteiger partial charge on any atom is -0.493 e. The second-order valence-electron chi connectivity index (χ2n) is 4.77. The molecule has 0 saturated heterocycles. The molecule has 20 heavy (non-hydrogen) atoms. The molecule has 1 atom stereocenters. The van der Waals surface area contributed by atoms with Gasteiger partial charge in [0.15, 0.2) is 11.5 Å². The number of para-hydroxylation sites is 1. The molecule has 0 heterocycles. The van der Waals surface area contributed by atoms with Crippen molar-refractivity contribution in [3.8, 4) is 11.5 Å². The SMILES string of the molecule is COC(=O)C(C)(C)[C@@H](N)c1cccc(OC)c1OC.Cl. The van der Waals surface area contributed by atoms with Gasteiger partial charge >= 0.3 is 5.97 Å². The number of carbonyl (C=O) groups excluding carboxylic acids is 1. The van der Waals surface area contributed by atoms with Crippen molar-refractivity contribution >= 4 is 18.4 Å². The first-order chi connectivity index (χ1) is 8.89. The van der Waals surface area contributed by atoms with Gasteiger partial charge in [-0.3, -0.25) is 4.79 Å². The lowest BCUT2D eigenvalue weighted by Crippen LogP contribution is -2.37. The van der Waals surface area contributed by atoms with Crippen molar-refractivity contribution in [1.29, 1.82) is 0 Å². The molecule has 0 aliphatic rings. The summed E-state index contributed by atoms with van der Waals surface area (Å²) in [6, 6.07) is 4.84. The van der Waals surface area contributed by atoms with E-state index in [1.807, 2.05) is 12.1 Å². The summed E-state index contributed by atoms with van der Waals surface area (Å²) in [4.78, 5) is 11.8. The zero-order valence-corrected chi connectivity index (χ0v) is 13.2. The van der Waals surface area contributed by atoms with E-state index in [0.717, 1.165) is 0 Å². The van der Waals surface area contributed by atoms with E-state index in [4.69, 9.17) is 19.9 Å². The second kappa shape index (κ2) is 7.36. The third-order valence-electron chi connectivity index (χ3n) is 3.26. The minimum absolute atomic E-state index is 0. The maximum absolute atomic E-state index is 11.8. The molecule has 0 amide bonds. The molecule has 1 aromatic carbocycles. The number of hydrogen-bond donors (Lipinski definition) is 1. The van der Waals surface area contributed by atoms with E-state index in [1.54, 1.807) is 34.1 Å². The van der Waals surface area contributed by atoms with Crippen molar-refractivity contribution < 1.29 is 19.0 Å². The van der Waals surface area contributed by atoms with Gasteiger partial charge in [-0.15, -0.1) is 12.4 Å². The first-order valence-electron chi connectivity index (χ1n) is 5.95. The average molecular weight is 304 g/mol. The van der Waals surface area contributed by atoms with E-state index in [2.05, 4.69) is 0 Å². The fourth-order valence-electron chi connectivity index (χ4n) is 1.94. The highest BCUT2D eigenvalue weighted by atomic mass is 35.5. The Morgan fingerprint density at radius 2 is 1.80 bits per heavy atom. The number of esters is 1. The van der Waals surface area contributed by atoms with Crippen LogP contribution < -0.4 is 15.2 Å².